The number of hydrogen-bond acceptors (Lipinski definition) is 3. The molecule has 0 aromatic rings. The first-order valence-corrected chi connectivity index (χ1v) is 4.99. The van der Waals surface area contributed by atoms with Gasteiger partial charge in [-0.2, -0.15) is 0 Å². The normalized spacial score (nSPS) is 21.3. The third-order valence-corrected chi connectivity index (χ3v) is 2.31. The van der Waals surface area contributed by atoms with E-state index in [1.165, 1.54) is 4.90 Å². The molecular formula is C11H17NO3. The van der Waals surface area contributed by atoms with Gasteiger partial charge in [-0.25, -0.2) is 4.79 Å². The van der Waals surface area contributed by atoms with Crippen LogP contribution in [-0.2, 0) is 14.3 Å². The standard InChI is InChI=1S/C11H17NO3/c1-6-15-10(14)8-7(2)9(13)12(8)11(3,4)5/h8H,2,6H2,1,3-5H3. The van der Waals surface area contributed by atoms with E-state index in [0.29, 0.717) is 12.2 Å². The highest BCUT2D eigenvalue weighted by Crippen LogP contribution is 2.32. The van der Waals surface area contributed by atoms with Crippen LogP contribution in [0, 0.1) is 0 Å². The topological polar surface area (TPSA) is 46.6 Å². The van der Waals surface area contributed by atoms with Crippen molar-refractivity contribution in [2.24, 2.45) is 0 Å². The summed E-state index contributed by atoms with van der Waals surface area (Å²) >= 11 is 0. The zero-order chi connectivity index (χ0) is 11.8. The van der Waals surface area contributed by atoms with Gasteiger partial charge in [-0.1, -0.05) is 6.58 Å². The molecule has 0 spiro atoms. The fraction of sp³-hybridized carbons (Fsp3) is 0.636. The summed E-state index contributed by atoms with van der Waals surface area (Å²) in [6.07, 6.45) is 0. The number of nitrogens with zero attached hydrogens (tertiary/aromatic N) is 1. The van der Waals surface area contributed by atoms with Gasteiger partial charge in [0.25, 0.3) is 5.91 Å². The van der Waals surface area contributed by atoms with Crippen molar-refractivity contribution in [3.05, 3.63) is 12.2 Å². The third kappa shape index (κ3) is 1.89. The van der Waals surface area contributed by atoms with Crippen molar-refractivity contribution >= 4 is 11.9 Å². The van der Waals surface area contributed by atoms with Crippen molar-refractivity contribution in [1.82, 2.24) is 4.90 Å². The first-order valence-electron chi connectivity index (χ1n) is 4.99. The lowest BCUT2D eigenvalue weighted by atomic mass is 9.89. The minimum Gasteiger partial charge on any atom is -0.464 e. The van der Waals surface area contributed by atoms with Crippen LogP contribution in [0.15, 0.2) is 12.2 Å². The summed E-state index contributed by atoms with van der Waals surface area (Å²) < 4.78 is 4.90. The monoisotopic (exact) mass is 211 g/mol. The van der Waals surface area contributed by atoms with E-state index in [4.69, 9.17) is 4.74 Å². The highest BCUT2D eigenvalue weighted by Gasteiger charge is 2.51. The molecule has 84 valence electrons. The molecule has 1 atom stereocenters. The van der Waals surface area contributed by atoms with Crippen molar-refractivity contribution in [1.29, 1.82) is 0 Å². The van der Waals surface area contributed by atoms with Crippen LogP contribution in [0.4, 0.5) is 0 Å². The van der Waals surface area contributed by atoms with Gasteiger partial charge in [0.15, 0.2) is 6.04 Å². The number of amides is 1. The van der Waals surface area contributed by atoms with Crippen LogP contribution < -0.4 is 0 Å². The molecular weight excluding hydrogens is 194 g/mol. The second-order valence-electron chi connectivity index (χ2n) is 4.53. The summed E-state index contributed by atoms with van der Waals surface area (Å²) in [6.45, 7) is 11.3. The largest absolute Gasteiger partial charge is 0.464 e. The van der Waals surface area contributed by atoms with E-state index < -0.39 is 12.0 Å². The van der Waals surface area contributed by atoms with Gasteiger partial charge in [-0.15, -0.1) is 0 Å². The molecule has 0 saturated carbocycles. The fourth-order valence-corrected chi connectivity index (χ4v) is 1.64. The van der Waals surface area contributed by atoms with Crippen molar-refractivity contribution in [3.63, 3.8) is 0 Å². The molecule has 15 heavy (non-hydrogen) atoms. The Morgan fingerprint density at radius 1 is 1.53 bits per heavy atom. The minimum atomic E-state index is -0.600. The van der Waals surface area contributed by atoms with Crippen LogP contribution in [0.5, 0.6) is 0 Å². The zero-order valence-electron chi connectivity index (χ0n) is 9.66. The Morgan fingerprint density at radius 2 is 2.07 bits per heavy atom. The van der Waals surface area contributed by atoms with Crippen LogP contribution in [0.3, 0.4) is 0 Å². The highest BCUT2D eigenvalue weighted by molar-refractivity contribution is 6.10. The fourth-order valence-electron chi connectivity index (χ4n) is 1.64. The Balaban J connectivity index is 2.85. The van der Waals surface area contributed by atoms with Crippen LogP contribution in [0.25, 0.3) is 0 Å². The van der Waals surface area contributed by atoms with Gasteiger partial charge in [-0.05, 0) is 27.7 Å². The molecule has 1 heterocycles. The van der Waals surface area contributed by atoms with E-state index in [1.54, 1.807) is 6.92 Å². The Kier molecular flexibility index (Phi) is 2.88. The number of carbonyl (C=O) groups is 2. The van der Waals surface area contributed by atoms with Crippen molar-refractivity contribution in [2.75, 3.05) is 6.61 Å². The summed E-state index contributed by atoms with van der Waals surface area (Å²) in [5.74, 6) is -0.558. The van der Waals surface area contributed by atoms with Gasteiger partial charge in [0.05, 0.1) is 6.61 Å². The predicted molar refractivity (Wildman–Crippen MR) is 56.2 cm³/mol. The average Bonchev–Trinajstić information content (AvgIpc) is 2.10. The Morgan fingerprint density at radius 3 is 2.47 bits per heavy atom. The molecule has 0 aromatic carbocycles. The van der Waals surface area contributed by atoms with Gasteiger partial charge in [0.1, 0.15) is 0 Å². The molecule has 1 fully saturated rings. The van der Waals surface area contributed by atoms with E-state index in [9.17, 15) is 9.59 Å². The third-order valence-electron chi connectivity index (χ3n) is 2.31. The molecule has 1 unspecified atom stereocenters. The van der Waals surface area contributed by atoms with Gasteiger partial charge in [0, 0.05) is 11.1 Å². The van der Waals surface area contributed by atoms with Crippen LogP contribution >= 0.6 is 0 Å². The van der Waals surface area contributed by atoms with Crippen LogP contribution in [0.2, 0.25) is 0 Å². The molecule has 0 N–H and O–H groups in total. The van der Waals surface area contributed by atoms with Crippen molar-refractivity contribution in [3.8, 4) is 0 Å². The Bertz CT molecular complexity index is 314. The number of ether oxygens (including phenoxy) is 1. The molecule has 0 aliphatic carbocycles. The summed E-state index contributed by atoms with van der Waals surface area (Å²) in [5.41, 5.74) is -0.0567. The maximum atomic E-state index is 11.6. The minimum absolute atomic E-state index is 0.166. The second-order valence-corrected chi connectivity index (χ2v) is 4.53. The van der Waals surface area contributed by atoms with Crippen LogP contribution in [-0.4, -0.2) is 35.0 Å². The molecule has 1 aliphatic heterocycles. The summed E-state index contributed by atoms with van der Waals surface area (Å²) in [4.78, 5) is 24.6. The summed E-state index contributed by atoms with van der Waals surface area (Å²) in [7, 11) is 0. The maximum Gasteiger partial charge on any atom is 0.333 e. The van der Waals surface area contributed by atoms with Gasteiger partial charge < -0.3 is 9.64 Å². The molecule has 1 aliphatic rings. The highest BCUT2D eigenvalue weighted by atomic mass is 16.5. The lowest BCUT2D eigenvalue weighted by molar-refractivity contribution is -0.163. The lowest BCUT2D eigenvalue weighted by Crippen LogP contribution is -2.65. The van der Waals surface area contributed by atoms with Gasteiger partial charge >= 0.3 is 5.97 Å². The van der Waals surface area contributed by atoms with Crippen molar-refractivity contribution < 1.29 is 14.3 Å². The Hall–Kier alpha value is -1.32. The molecule has 4 nitrogen and oxygen atoms in total. The van der Waals surface area contributed by atoms with Gasteiger partial charge in [-0.3, -0.25) is 4.79 Å². The number of hydrogen-bond donors (Lipinski definition) is 0. The molecule has 1 saturated heterocycles. The van der Waals surface area contributed by atoms with E-state index in [1.807, 2.05) is 20.8 Å². The number of rotatable bonds is 2. The van der Waals surface area contributed by atoms with Crippen molar-refractivity contribution in [2.45, 2.75) is 39.3 Å². The molecule has 1 rings (SSSR count). The molecule has 0 radical (unpaired) electrons. The molecule has 1 amide bonds. The molecule has 0 aromatic heterocycles. The first kappa shape index (κ1) is 11.8. The van der Waals surface area contributed by atoms with E-state index in [-0.39, 0.29) is 11.4 Å². The number of carbonyl (C=O) groups excluding carboxylic acids is 2. The van der Waals surface area contributed by atoms with E-state index in [2.05, 4.69) is 6.58 Å². The summed E-state index contributed by atoms with van der Waals surface area (Å²) in [5, 5.41) is 0. The van der Waals surface area contributed by atoms with Gasteiger partial charge in [0.2, 0.25) is 0 Å². The Labute approximate surface area is 89.9 Å². The number of likely N-dealkylation sites (tertiary alicyclic amines) is 1. The lowest BCUT2D eigenvalue weighted by Gasteiger charge is -2.48. The zero-order valence-corrected chi connectivity index (χ0v) is 9.66. The van der Waals surface area contributed by atoms with E-state index >= 15 is 0 Å². The SMILES string of the molecule is C=C1C(=O)N(C(C)(C)C)C1C(=O)OCC. The van der Waals surface area contributed by atoms with E-state index in [0.717, 1.165) is 0 Å². The molecule has 4 heteroatoms. The maximum absolute atomic E-state index is 11.6. The first-order chi connectivity index (χ1) is 6.80. The quantitative estimate of drug-likeness (QED) is 0.390. The number of β-lactam (4-membered cyclic amide) rings is 1. The van der Waals surface area contributed by atoms with Crippen LogP contribution in [0.1, 0.15) is 27.7 Å². The molecule has 0 bridgehead atoms. The number of esters is 1. The second kappa shape index (κ2) is 3.68. The smallest absolute Gasteiger partial charge is 0.333 e. The predicted octanol–water partition coefficient (Wildman–Crippen LogP) is 1.11. The average molecular weight is 211 g/mol. The summed E-state index contributed by atoms with van der Waals surface area (Å²) in [6, 6.07) is -0.600.